The molecule has 0 fully saturated rings. The molecule has 0 aliphatic rings. The van der Waals surface area contributed by atoms with Crippen molar-refractivity contribution in [3.63, 3.8) is 0 Å². The van der Waals surface area contributed by atoms with Crippen molar-refractivity contribution in [1.82, 2.24) is 29.3 Å². The number of nitrogens with zero attached hydrogens (tertiary/aromatic N) is 6. The predicted octanol–water partition coefficient (Wildman–Crippen LogP) is 4.38. The summed E-state index contributed by atoms with van der Waals surface area (Å²) >= 11 is 0. The average Bonchev–Trinajstić information content (AvgIpc) is 3.41. The Hall–Kier alpha value is -3.28. The zero-order chi connectivity index (χ0) is 20.2. The molecule has 0 amide bonds. The van der Waals surface area contributed by atoms with Gasteiger partial charge in [0.1, 0.15) is 5.82 Å². The van der Waals surface area contributed by atoms with Gasteiger partial charge in [0.15, 0.2) is 17.5 Å². The third-order valence-electron chi connectivity index (χ3n) is 5.03. The van der Waals surface area contributed by atoms with Crippen molar-refractivity contribution in [1.29, 1.82) is 0 Å². The number of aromatic nitrogens is 6. The molecule has 0 bridgehead atoms. The second kappa shape index (κ2) is 8.39. The summed E-state index contributed by atoms with van der Waals surface area (Å²) in [6.07, 6.45) is 7.34. The maximum absolute atomic E-state index is 4.92. The number of hydrogen-bond donors (Lipinski definition) is 0. The van der Waals surface area contributed by atoms with E-state index in [1.54, 1.807) is 6.20 Å². The molecule has 1 atom stereocenters. The van der Waals surface area contributed by atoms with Crippen LogP contribution in [0.1, 0.15) is 55.8 Å². The third kappa shape index (κ3) is 4.11. The second-order valence-electron chi connectivity index (χ2n) is 7.49. The highest BCUT2D eigenvalue weighted by Crippen LogP contribution is 2.24. The van der Waals surface area contributed by atoms with E-state index < -0.39 is 0 Å². The van der Waals surface area contributed by atoms with E-state index >= 15 is 0 Å². The van der Waals surface area contributed by atoms with Gasteiger partial charge in [0, 0.05) is 30.9 Å². The fraction of sp³-hybridized carbons (Fsp3) is 0.304. The summed E-state index contributed by atoms with van der Waals surface area (Å²) in [5.74, 6) is 3.84. The van der Waals surface area contributed by atoms with E-state index in [2.05, 4.69) is 59.6 Å². The monoisotopic (exact) mass is 386 g/mol. The Kier molecular flexibility index (Phi) is 5.51. The van der Waals surface area contributed by atoms with Crippen molar-refractivity contribution >= 4 is 0 Å². The molecule has 1 unspecified atom stereocenters. The second-order valence-corrected chi connectivity index (χ2v) is 7.49. The van der Waals surface area contributed by atoms with Crippen molar-refractivity contribution < 1.29 is 0 Å². The van der Waals surface area contributed by atoms with E-state index in [1.165, 1.54) is 5.56 Å². The highest BCUT2D eigenvalue weighted by molar-refractivity contribution is 5.24. The lowest BCUT2D eigenvalue weighted by molar-refractivity contribution is 0.537. The zero-order valence-electron chi connectivity index (χ0n) is 17.1. The summed E-state index contributed by atoms with van der Waals surface area (Å²) < 4.78 is 4.05. The molecule has 3 heterocycles. The maximum atomic E-state index is 4.92. The SMILES string of the molecule is CC(C)c1nccn1C(C)c1nc(CCc2ccccc2)nn1-c1ccccn1. The normalized spacial score (nSPS) is 12.4. The van der Waals surface area contributed by atoms with Crippen LogP contribution in [0.15, 0.2) is 67.1 Å². The van der Waals surface area contributed by atoms with Crippen molar-refractivity contribution in [2.45, 2.75) is 45.6 Å². The molecule has 0 radical (unpaired) electrons. The van der Waals surface area contributed by atoms with Crippen molar-refractivity contribution in [3.8, 4) is 5.82 Å². The highest BCUT2D eigenvalue weighted by atomic mass is 15.4. The maximum Gasteiger partial charge on any atom is 0.157 e. The van der Waals surface area contributed by atoms with Gasteiger partial charge >= 0.3 is 0 Å². The molecule has 0 saturated carbocycles. The molecule has 3 aromatic heterocycles. The molecule has 6 nitrogen and oxygen atoms in total. The van der Waals surface area contributed by atoms with Crippen molar-refractivity contribution in [2.24, 2.45) is 0 Å². The predicted molar refractivity (Wildman–Crippen MR) is 113 cm³/mol. The summed E-state index contributed by atoms with van der Waals surface area (Å²) in [5.41, 5.74) is 1.29. The average molecular weight is 387 g/mol. The molecule has 0 aliphatic carbocycles. The van der Waals surface area contributed by atoms with Crippen LogP contribution in [0.3, 0.4) is 0 Å². The molecule has 0 saturated heterocycles. The van der Waals surface area contributed by atoms with Gasteiger partial charge in [-0.25, -0.2) is 15.0 Å². The van der Waals surface area contributed by atoms with E-state index in [-0.39, 0.29) is 6.04 Å². The quantitative estimate of drug-likeness (QED) is 0.473. The van der Waals surface area contributed by atoms with E-state index in [0.29, 0.717) is 5.92 Å². The van der Waals surface area contributed by atoms with Crippen LogP contribution in [0.5, 0.6) is 0 Å². The van der Waals surface area contributed by atoms with Gasteiger partial charge in [-0.05, 0) is 31.0 Å². The fourth-order valence-electron chi connectivity index (χ4n) is 3.52. The zero-order valence-corrected chi connectivity index (χ0v) is 17.1. The molecule has 0 N–H and O–H groups in total. The number of rotatable bonds is 7. The summed E-state index contributed by atoms with van der Waals surface area (Å²) in [6, 6.07) is 16.3. The first-order valence-corrected chi connectivity index (χ1v) is 10.1. The molecule has 29 heavy (non-hydrogen) atoms. The van der Waals surface area contributed by atoms with Crippen molar-refractivity contribution in [2.75, 3.05) is 0 Å². The van der Waals surface area contributed by atoms with Gasteiger partial charge in [0.05, 0.1) is 6.04 Å². The van der Waals surface area contributed by atoms with E-state index in [0.717, 1.165) is 36.1 Å². The van der Waals surface area contributed by atoms with Gasteiger partial charge in [-0.15, -0.1) is 5.10 Å². The smallest absolute Gasteiger partial charge is 0.157 e. The molecule has 4 aromatic rings. The molecular formula is C23H26N6. The molecule has 6 heteroatoms. The van der Waals surface area contributed by atoms with Gasteiger partial charge in [-0.3, -0.25) is 0 Å². The van der Waals surface area contributed by atoms with Crippen LogP contribution in [-0.4, -0.2) is 29.3 Å². The lowest BCUT2D eigenvalue weighted by atomic mass is 10.1. The Bertz CT molecular complexity index is 1050. The number of imidazole rings is 1. The summed E-state index contributed by atoms with van der Waals surface area (Å²) in [5, 5.41) is 4.81. The summed E-state index contributed by atoms with van der Waals surface area (Å²) in [4.78, 5) is 14.0. The van der Waals surface area contributed by atoms with Crippen LogP contribution in [-0.2, 0) is 12.8 Å². The van der Waals surface area contributed by atoms with Crippen LogP contribution in [0.25, 0.3) is 5.82 Å². The van der Waals surface area contributed by atoms with E-state index in [1.807, 2.05) is 41.3 Å². The Labute approximate surface area is 171 Å². The van der Waals surface area contributed by atoms with Crippen LogP contribution < -0.4 is 0 Å². The number of benzene rings is 1. The molecule has 0 aliphatic heterocycles. The van der Waals surface area contributed by atoms with Crippen molar-refractivity contribution in [3.05, 3.63) is 90.2 Å². The van der Waals surface area contributed by atoms with Crippen LogP contribution >= 0.6 is 0 Å². The molecule has 0 spiro atoms. The van der Waals surface area contributed by atoms with Gasteiger partial charge in [0.2, 0.25) is 0 Å². The first-order valence-electron chi connectivity index (χ1n) is 10.1. The minimum absolute atomic E-state index is 0.00474. The van der Waals surface area contributed by atoms with Gasteiger partial charge < -0.3 is 4.57 Å². The van der Waals surface area contributed by atoms with Gasteiger partial charge in [-0.1, -0.05) is 50.2 Å². The Morgan fingerprint density at radius 1 is 0.828 bits per heavy atom. The van der Waals surface area contributed by atoms with E-state index in [4.69, 9.17) is 10.1 Å². The fourth-order valence-corrected chi connectivity index (χ4v) is 3.52. The minimum atomic E-state index is -0.00474. The molecule has 4 rings (SSSR count). The summed E-state index contributed by atoms with van der Waals surface area (Å²) in [7, 11) is 0. The number of aryl methyl sites for hydroxylation is 2. The topological polar surface area (TPSA) is 61.4 Å². The Balaban J connectivity index is 1.69. The number of pyridine rings is 1. The third-order valence-corrected chi connectivity index (χ3v) is 5.03. The lowest BCUT2D eigenvalue weighted by Crippen LogP contribution is -2.16. The standard InChI is InChI=1S/C23H26N6/c1-17(2)22-25-15-16-28(22)18(3)23-26-20(13-12-19-9-5-4-6-10-19)27-29(23)21-11-7-8-14-24-21/h4-11,14-18H,12-13H2,1-3H3. The van der Waals surface area contributed by atoms with Crippen LogP contribution in [0.4, 0.5) is 0 Å². The Morgan fingerprint density at radius 3 is 2.34 bits per heavy atom. The first kappa shape index (κ1) is 19.1. The molecule has 1 aromatic carbocycles. The number of hydrogen-bond acceptors (Lipinski definition) is 4. The summed E-state index contributed by atoms with van der Waals surface area (Å²) in [6.45, 7) is 6.44. The van der Waals surface area contributed by atoms with Gasteiger partial charge in [-0.2, -0.15) is 4.68 Å². The van der Waals surface area contributed by atoms with Crippen LogP contribution in [0, 0.1) is 0 Å². The first-order chi connectivity index (χ1) is 14.1. The van der Waals surface area contributed by atoms with Gasteiger partial charge in [0.25, 0.3) is 0 Å². The minimum Gasteiger partial charge on any atom is -0.324 e. The van der Waals surface area contributed by atoms with E-state index in [9.17, 15) is 0 Å². The molecule has 148 valence electrons. The highest BCUT2D eigenvalue weighted by Gasteiger charge is 2.22. The van der Waals surface area contributed by atoms with Crippen LogP contribution in [0.2, 0.25) is 0 Å². The Morgan fingerprint density at radius 2 is 1.62 bits per heavy atom. The molecular weight excluding hydrogens is 360 g/mol. The largest absolute Gasteiger partial charge is 0.324 e. The lowest BCUT2D eigenvalue weighted by Gasteiger charge is -2.18.